The molecule has 0 saturated heterocycles. The largest absolute Gasteiger partial charge is 0.478 e. The van der Waals surface area contributed by atoms with Crippen molar-refractivity contribution in [3.63, 3.8) is 0 Å². The predicted molar refractivity (Wildman–Crippen MR) is 132 cm³/mol. The highest BCUT2D eigenvalue weighted by Gasteiger charge is 2.20. The monoisotopic (exact) mass is 447 g/mol. The van der Waals surface area contributed by atoms with Crippen LogP contribution in [0.4, 0.5) is 0 Å². The Balaban J connectivity index is 0.000000414. The molecule has 0 aromatic heterocycles. The first-order valence-corrected chi connectivity index (χ1v) is 11.2. The lowest BCUT2D eigenvalue weighted by Crippen LogP contribution is -2.25. The molecule has 0 radical (unpaired) electrons. The van der Waals surface area contributed by atoms with Crippen LogP contribution in [0.15, 0.2) is 97.1 Å². The van der Waals surface area contributed by atoms with Crippen molar-refractivity contribution in [1.29, 1.82) is 0 Å². The molecule has 1 atom stereocenters. The van der Waals surface area contributed by atoms with E-state index in [9.17, 15) is 9.59 Å². The Morgan fingerprint density at radius 2 is 1.45 bits per heavy atom. The molecular weight excluding hydrogens is 414 g/mol. The Labute approximate surface area is 196 Å². The fourth-order valence-electron chi connectivity index (χ4n) is 3.74. The van der Waals surface area contributed by atoms with E-state index < -0.39 is 11.9 Å². The highest BCUT2D eigenvalue weighted by molar-refractivity contribution is 5.89. The van der Waals surface area contributed by atoms with Crippen molar-refractivity contribution < 1.29 is 19.8 Å². The van der Waals surface area contributed by atoms with Crippen LogP contribution in [-0.2, 0) is 9.59 Å². The first kappa shape index (κ1) is 25.8. The zero-order valence-corrected chi connectivity index (χ0v) is 19.1. The number of rotatable bonds is 10. The first-order valence-electron chi connectivity index (χ1n) is 11.2. The second kappa shape index (κ2) is 13.9. The van der Waals surface area contributed by atoms with Gasteiger partial charge in [-0.2, -0.15) is 0 Å². The van der Waals surface area contributed by atoms with Crippen LogP contribution < -0.4 is 5.32 Å². The number of nitrogens with one attached hydrogen (secondary N) is 1. The predicted octanol–water partition coefficient (Wildman–Crippen LogP) is 5.42. The third kappa shape index (κ3) is 10.1. The van der Waals surface area contributed by atoms with E-state index in [2.05, 4.69) is 97.2 Å². The Morgan fingerprint density at radius 3 is 1.91 bits per heavy atom. The van der Waals surface area contributed by atoms with Crippen molar-refractivity contribution in [2.45, 2.75) is 32.1 Å². The molecule has 33 heavy (non-hydrogen) atoms. The minimum absolute atomic E-state index is 0.319. The van der Waals surface area contributed by atoms with Crippen molar-refractivity contribution >= 4 is 11.9 Å². The first-order chi connectivity index (χ1) is 15.9. The summed E-state index contributed by atoms with van der Waals surface area (Å²) in [6, 6.07) is 21.7. The van der Waals surface area contributed by atoms with E-state index in [1.54, 1.807) is 0 Å². The van der Waals surface area contributed by atoms with E-state index in [1.807, 2.05) is 0 Å². The van der Waals surface area contributed by atoms with E-state index in [4.69, 9.17) is 10.2 Å². The molecule has 0 aliphatic heterocycles. The lowest BCUT2D eigenvalue weighted by Gasteiger charge is -2.26. The average Bonchev–Trinajstić information content (AvgIpc) is 2.82. The molecule has 5 nitrogen and oxygen atoms in total. The number of allylic oxidation sites excluding steroid dienone is 4. The Kier molecular flexibility index (Phi) is 10.8. The summed E-state index contributed by atoms with van der Waals surface area (Å²) in [5, 5.41) is 19.3. The fourth-order valence-corrected chi connectivity index (χ4v) is 3.74. The van der Waals surface area contributed by atoms with Gasteiger partial charge in [0.15, 0.2) is 0 Å². The van der Waals surface area contributed by atoms with Gasteiger partial charge >= 0.3 is 11.9 Å². The molecule has 0 amide bonds. The third-order valence-corrected chi connectivity index (χ3v) is 5.59. The molecular formula is C28H33NO4. The van der Waals surface area contributed by atoms with Crippen LogP contribution in [0.25, 0.3) is 0 Å². The summed E-state index contributed by atoms with van der Waals surface area (Å²) in [5.74, 6) is -2.05. The van der Waals surface area contributed by atoms with Gasteiger partial charge in [-0.1, -0.05) is 91.9 Å². The van der Waals surface area contributed by atoms with Crippen molar-refractivity contribution in [2.75, 3.05) is 13.1 Å². The van der Waals surface area contributed by atoms with Crippen LogP contribution in [-0.4, -0.2) is 35.2 Å². The Morgan fingerprint density at radius 1 is 0.909 bits per heavy atom. The lowest BCUT2D eigenvalue weighted by atomic mass is 9.81. The van der Waals surface area contributed by atoms with Gasteiger partial charge in [-0.25, -0.2) is 9.59 Å². The molecule has 1 aliphatic carbocycles. The molecule has 174 valence electrons. The smallest absolute Gasteiger partial charge is 0.328 e. The van der Waals surface area contributed by atoms with Crippen molar-refractivity contribution in [3.05, 3.63) is 108 Å². The van der Waals surface area contributed by atoms with Gasteiger partial charge < -0.3 is 15.5 Å². The molecule has 0 spiro atoms. The van der Waals surface area contributed by atoms with Crippen LogP contribution in [0.3, 0.4) is 0 Å². The second-order valence-electron chi connectivity index (χ2n) is 8.32. The minimum atomic E-state index is -1.26. The summed E-state index contributed by atoms with van der Waals surface area (Å²) in [5.41, 5.74) is 3.13. The summed E-state index contributed by atoms with van der Waals surface area (Å²) in [4.78, 5) is 19.1. The van der Waals surface area contributed by atoms with Gasteiger partial charge in [0.1, 0.15) is 0 Å². The molecule has 0 heterocycles. The molecule has 0 bridgehead atoms. The van der Waals surface area contributed by atoms with E-state index in [1.165, 1.54) is 17.5 Å². The highest BCUT2D eigenvalue weighted by Crippen LogP contribution is 2.30. The summed E-state index contributed by atoms with van der Waals surface area (Å²) in [6.07, 6.45) is 13.6. The number of hydrogen-bond acceptors (Lipinski definition) is 3. The maximum absolute atomic E-state index is 9.55. The minimum Gasteiger partial charge on any atom is -0.478 e. The standard InChI is InChI=1S/C24H29N.C4H4O4/c1-24(16-9-4-10-17-24)18-20-25-19-15-23(21-11-5-2-6-12-21)22-13-7-3-8-14-22;5-3(6)1-2-4(7)8/h2-14,16,23,25H,15,17-20H2,1H3;1-2H,(H,5,6)(H,7,8). The molecule has 1 unspecified atom stereocenters. The van der Waals surface area contributed by atoms with Gasteiger partial charge in [-0.05, 0) is 48.9 Å². The number of aliphatic carboxylic acids is 2. The molecule has 0 fully saturated rings. The van der Waals surface area contributed by atoms with Crippen LogP contribution >= 0.6 is 0 Å². The van der Waals surface area contributed by atoms with Gasteiger partial charge in [0, 0.05) is 18.1 Å². The van der Waals surface area contributed by atoms with E-state index in [0.29, 0.717) is 23.5 Å². The maximum Gasteiger partial charge on any atom is 0.328 e. The number of carboxylic acids is 2. The molecule has 1 aliphatic rings. The summed E-state index contributed by atoms with van der Waals surface area (Å²) in [7, 11) is 0. The summed E-state index contributed by atoms with van der Waals surface area (Å²) in [6.45, 7) is 4.47. The normalized spacial score (nSPS) is 17.0. The lowest BCUT2D eigenvalue weighted by molar-refractivity contribution is -0.134. The van der Waals surface area contributed by atoms with Gasteiger partial charge in [0.25, 0.3) is 0 Å². The number of carbonyl (C=O) groups is 2. The number of benzene rings is 2. The van der Waals surface area contributed by atoms with Crippen molar-refractivity contribution in [3.8, 4) is 0 Å². The molecule has 5 heteroatoms. The Bertz CT molecular complexity index is 895. The highest BCUT2D eigenvalue weighted by atomic mass is 16.4. The zero-order chi connectivity index (χ0) is 23.9. The summed E-state index contributed by atoms with van der Waals surface area (Å²) < 4.78 is 0. The fraction of sp³-hybridized carbons (Fsp3) is 0.286. The van der Waals surface area contributed by atoms with E-state index in [0.717, 1.165) is 25.9 Å². The van der Waals surface area contributed by atoms with Gasteiger partial charge in [0.05, 0.1) is 0 Å². The Hall–Kier alpha value is -3.44. The molecule has 2 aromatic rings. The number of hydrogen-bond donors (Lipinski definition) is 3. The quantitative estimate of drug-likeness (QED) is 0.334. The second-order valence-corrected chi connectivity index (χ2v) is 8.32. The van der Waals surface area contributed by atoms with Crippen LogP contribution in [0.2, 0.25) is 0 Å². The zero-order valence-electron chi connectivity index (χ0n) is 19.1. The van der Waals surface area contributed by atoms with E-state index >= 15 is 0 Å². The van der Waals surface area contributed by atoms with Crippen molar-refractivity contribution in [2.24, 2.45) is 5.41 Å². The maximum atomic E-state index is 9.55. The van der Waals surface area contributed by atoms with Crippen molar-refractivity contribution in [1.82, 2.24) is 5.32 Å². The van der Waals surface area contributed by atoms with Gasteiger partial charge in [-0.3, -0.25) is 0 Å². The topological polar surface area (TPSA) is 86.6 Å². The van der Waals surface area contributed by atoms with Crippen LogP contribution in [0, 0.1) is 5.41 Å². The summed E-state index contributed by atoms with van der Waals surface area (Å²) >= 11 is 0. The molecule has 2 aromatic carbocycles. The van der Waals surface area contributed by atoms with E-state index in [-0.39, 0.29) is 0 Å². The average molecular weight is 448 g/mol. The number of carboxylic acid groups (broad SMARTS) is 2. The van der Waals surface area contributed by atoms with Gasteiger partial charge in [0.2, 0.25) is 0 Å². The van der Waals surface area contributed by atoms with Gasteiger partial charge in [-0.15, -0.1) is 0 Å². The molecule has 0 saturated carbocycles. The van der Waals surface area contributed by atoms with Crippen LogP contribution in [0.5, 0.6) is 0 Å². The van der Waals surface area contributed by atoms with Crippen LogP contribution in [0.1, 0.15) is 43.2 Å². The molecule has 3 N–H and O–H groups in total. The SMILES string of the molecule is CC1(CCNCCC(c2ccccc2)c2ccccc2)C=CC=CC1.O=C(O)C=CC(=O)O. The molecule has 3 rings (SSSR count). The third-order valence-electron chi connectivity index (χ3n) is 5.59.